The molecule has 1 N–H and O–H groups in total. The molecule has 1 heterocycles. The zero-order valence-electron chi connectivity index (χ0n) is 17.5. The Morgan fingerprint density at radius 1 is 1.07 bits per heavy atom. The zero-order valence-corrected chi connectivity index (χ0v) is 19.9. The minimum absolute atomic E-state index is 0.131. The van der Waals surface area contributed by atoms with E-state index in [9.17, 15) is 21.6 Å². The quantitative estimate of drug-likeness (QED) is 0.561. The van der Waals surface area contributed by atoms with E-state index in [2.05, 4.69) is 27.6 Å². The molecule has 0 amide bonds. The van der Waals surface area contributed by atoms with Crippen LogP contribution in [0.15, 0.2) is 0 Å². The molecule has 3 fully saturated rings. The molecule has 29 heavy (non-hydrogen) atoms. The maximum Gasteiger partial charge on any atom is 0.406 e. The van der Waals surface area contributed by atoms with E-state index in [1.165, 1.54) is 0 Å². The van der Waals surface area contributed by atoms with Gasteiger partial charge in [0, 0.05) is 17.4 Å². The highest BCUT2D eigenvalue weighted by Crippen LogP contribution is 2.40. The van der Waals surface area contributed by atoms with Crippen LogP contribution in [-0.4, -0.2) is 54.7 Å². The van der Waals surface area contributed by atoms with E-state index in [0.29, 0.717) is 23.2 Å². The first-order valence-electron chi connectivity index (χ1n) is 10.8. The Kier molecular flexibility index (Phi) is 7.34. The second-order valence-corrected chi connectivity index (χ2v) is 12.9. The van der Waals surface area contributed by atoms with Gasteiger partial charge in [0.2, 0.25) is 10.0 Å². The number of fused-ring (bicyclic) bond motifs is 1. The topological polar surface area (TPSA) is 49.4 Å². The van der Waals surface area contributed by atoms with Gasteiger partial charge in [0.25, 0.3) is 0 Å². The van der Waals surface area contributed by atoms with Crippen molar-refractivity contribution in [2.75, 3.05) is 13.1 Å². The van der Waals surface area contributed by atoms with Crippen LogP contribution in [0.25, 0.3) is 0 Å². The lowest BCUT2D eigenvalue weighted by atomic mass is 9.77. The number of sulfonamides is 1. The number of nitrogens with one attached hydrogen (secondary N) is 1. The monoisotopic (exact) mass is 502 g/mol. The van der Waals surface area contributed by atoms with Gasteiger partial charge in [-0.3, -0.25) is 4.90 Å². The van der Waals surface area contributed by atoms with Crippen LogP contribution in [0, 0.1) is 23.7 Å². The lowest BCUT2D eigenvalue weighted by Gasteiger charge is -2.39. The van der Waals surface area contributed by atoms with Gasteiger partial charge < -0.3 is 0 Å². The predicted octanol–water partition coefficient (Wildman–Crippen LogP) is 4.55. The van der Waals surface area contributed by atoms with Crippen LogP contribution in [0.5, 0.6) is 0 Å². The largest absolute Gasteiger partial charge is 0.406 e. The van der Waals surface area contributed by atoms with Gasteiger partial charge in [-0.1, -0.05) is 36.7 Å². The highest BCUT2D eigenvalue weighted by atomic mass is 79.9. The lowest BCUT2D eigenvalue weighted by Crippen LogP contribution is -2.57. The Bertz CT molecular complexity index is 663. The highest BCUT2D eigenvalue weighted by Gasteiger charge is 2.49. The van der Waals surface area contributed by atoms with Gasteiger partial charge in [-0.25, -0.2) is 13.1 Å². The van der Waals surface area contributed by atoms with E-state index >= 15 is 0 Å². The Labute approximate surface area is 181 Å². The Morgan fingerprint density at radius 3 is 2.28 bits per heavy atom. The van der Waals surface area contributed by atoms with Crippen LogP contribution in [0.3, 0.4) is 0 Å². The molecule has 0 aromatic rings. The number of likely N-dealkylation sites (tertiary alicyclic amines) is 1. The van der Waals surface area contributed by atoms with Crippen LogP contribution in [0.4, 0.5) is 13.2 Å². The SMILES string of the molecule is CC1CC(C)C(S(=O)(=O)NC(CN2CCC3CC(Br)CCC32)C(F)(F)F)C(C)C1. The number of hydrogen-bond acceptors (Lipinski definition) is 3. The summed E-state index contributed by atoms with van der Waals surface area (Å²) in [6.07, 6.45) is 0.554. The average Bonchev–Trinajstić information content (AvgIpc) is 2.93. The molecule has 2 saturated carbocycles. The fraction of sp³-hybridized carbons (Fsp3) is 1.00. The van der Waals surface area contributed by atoms with Crippen molar-refractivity contribution < 1.29 is 21.6 Å². The fourth-order valence-corrected chi connectivity index (χ4v) is 9.18. The van der Waals surface area contributed by atoms with Crippen LogP contribution in [-0.2, 0) is 10.0 Å². The number of halogens is 4. The molecular formula is C20H34BrF3N2O2S. The van der Waals surface area contributed by atoms with Crippen LogP contribution < -0.4 is 4.72 Å². The molecule has 9 heteroatoms. The molecule has 3 aliphatic rings. The number of rotatable bonds is 5. The molecule has 0 spiro atoms. The van der Waals surface area contributed by atoms with Gasteiger partial charge >= 0.3 is 6.18 Å². The Morgan fingerprint density at radius 2 is 1.69 bits per heavy atom. The minimum Gasteiger partial charge on any atom is -0.298 e. The predicted molar refractivity (Wildman–Crippen MR) is 112 cm³/mol. The summed E-state index contributed by atoms with van der Waals surface area (Å²) in [5, 5.41) is -0.765. The van der Waals surface area contributed by atoms with E-state index in [1.807, 2.05) is 18.7 Å². The lowest BCUT2D eigenvalue weighted by molar-refractivity contribution is -0.156. The molecule has 6 unspecified atom stereocenters. The van der Waals surface area contributed by atoms with Gasteiger partial charge in [0.05, 0.1) is 5.25 Å². The summed E-state index contributed by atoms with van der Waals surface area (Å²) in [6.45, 7) is 6.10. The third kappa shape index (κ3) is 5.50. The maximum atomic E-state index is 13.9. The summed E-state index contributed by atoms with van der Waals surface area (Å²) in [5.41, 5.74) is 0. The molecule has 6 atom stereocenters. The number of nitrogens with zero attached hydrogens (tertiary/aromatic N) is 1. The van der Waals surface area contributed by atoms with Gasteiger partial charge in [-0.2, -0.15) is 13.2 Å². The summed E-state index contributed by atoms with van der Waals surface area (Å²) in [5.74, 6) is 0.505. The molecule has 1 aliphatic heterocycles. The summed E-state index contributed by atoms with van der Waals surface area (Å²) in [6, 6.07) is -1.92. The zero-order chi connectivity index (χ0) is 21.6. The number of hydrogen-bond donors (Lipinski definition) is 1. The van der Waals surface area contributed by atoms with Gasteiger partial charge in [0.1, 0.15) is 6.04 Å². The van der Waals surface area contributed by atoms with Crippen molar-refractivity contribution in [2.45, 2.75) is 87.6 Å². The van der Waals surface area contributed by atoms with Gasteiger partial charge in [0.15, 0.2) is 0 Å². The minimum atomic E-state index is -4.60. The summed E-state index contributed by atoms with van der Waals surface area (Å²) >= 11 is 3.64. The van der Waals surface area contributed by atoms with Crippen molar-refractivity contribution >= 4 is 26.0 Å². The molecule has 3 rings (SSSR count). The molecular weight excluding hydrogens is 469 g/mol. The first-order valence-corrected chi connectivity index (χ1v) is 13.3. The standard InChI is InChI=1S/C20H34BrF3N2O2S/c1-12-8-13(2)19(14(3)9-12)29(27,28)25-18(20(22,23)24)11-26-7-6-15-10-16(21)4-5-17(15)26/h12-19,25H,4-11H2,1-3H3. The van der Waals surface area contributed by atoms with E-state index in [-0.39, 0.29) is 24.4 Å². The normalized spacial score (nSPS) is 40.6. The molecule has 1 saturated heterocycles. The first kappa shape index (κ1) is 23.8. The summed E-state index contributed by atoms with van der Waals surface area (Å²) < 4.78 is 69.7. The van der Waals surface area contributed by atoms with Crippen molar-refractivity contribution in [1.82, 2.24) is 9.62 Å². The van der Waals surface area contributed by atoms with E-state index in [4.69, 9.17) is 0 Å². The van der Waals surface area contributed by atoms with Crippen molar-refractivity contribution in [3.05, 3.63) is 0 Å². The van der Waals surface area contributed by atoms with Crippen molar-refractivity contribution in [3.8, 4) is 0 Å². The molecule has 0 aromatic carbocycles. The third-order valence-corrected chi connectivity index (χ3v) is 10.4. The highest BCUT2D eigenvalue weighted by molar-refractivity contribution is 9.09. The van der Waals surface area contributed by atoms with Crippen molar-refractivity contribution in [3.63, 3.8) is 0 Å². The first-order chi connectivity index (χ1) is 13.4. The molecule has 0 bridgehead atoms. The summed E-state index contributed by atoms with van der Waals surface area (Å²) in [4.78, 5) is 2.32. The fourth-order valence-electron chi connectivity index (χ4n) is 6.23. The molecule has 4 nitrogen and oxygen atoms in total. The Balaban J connectivity index is 1.73. The smallest absolute Gasteiger partial charge is 0.298 e. The van der Waals surface area contributed by atoms with E-state index in [1.54, 1.807) is 0 Å². The molecule has 0 aromatic heterocycles. The van der Waals surface area contributed by atoms with Crippen LogP contribution in [0.1, 0.15) is 59.3 Å². The second-order valence-electron chi connectivity index (χ2n) is 9.77. The average molecular weight is 503 g/mol. The second kappa shape index (κ2) is 8.94. The third-order valence-electron chi connectivity index (χ3n) is 7.28. The van der Waals surface area contributed by atoms with Gasteiger partial charge in [-0.15, -0.1) is 0 Å². The molecule has 2 aliphatic carbocycles. The van der Waals surface area contributed by atoms with E-state index in [0.717, 1.165) is 38.5 Å². The Hall–Kier alpha value is 0.140. The van der Waals surface area contributed by atoms with Gasteiger partial charge in [-0.05, 0) is 68.7 Å². The van der Waals surface area contributed by atoms with Crippen LogP contribution >= 0.6 is 15.9 Å². The summed E-state index contributed by atoms with van der Waals surface area (Å²) in [7, 11) is -4.07. The molecule has 0 radical (unpaired) electrons. The van der Waals surface area contributed by atoms with Crippen LogP contribution in [0.2, 0.25) is 0 Å². The van der Waals surface area contributed by atoms with Crippen molar-refractivity contribution in [1.29, 1.82) is 0 Å². The molecule has 170 valence electrons. The van der Waals surface area contributed by atoms with Crippen molar-refractivity contribution in [2.24, 2.45) is 23.7 Å². The maximum absolute atomic E-state index is 13.9. The number of alkyl halides is 4. The van der Waals surface area contributed by atoms with E-state index < -0.39 is 27.5 Å².